The summed E-state index contributed by atoms with van der Waals surface area (Å²) in [6, 6.07) is 13.5. The predicted octanol–water partition coefficient (Wildman–Crippen LogP) is 3.38. The van der Waals surface area contributed by atoms with Crippen molar-refractivity contribution in [1.29, 1.82) is 0 Å². The molecule has 1 saturated heterocycles. The van der Waals surface area contributed by atoms with E-state index in [0.29, 0.717) is 38.4 Å². The van der Waals surface area contributed by atoms with Gasteiger partial charge in [0.05, 0.1) is 25.3 Å². The number of phenolic OH excluding ortho intramolecular Hbond substituents is 1. The average Bonchev–Trinajstić information content (AvgIpc) is 3.37. The van der Waals surface area contributed by atoms with Gasteiger partial charge in [-0.1, -0.05) is 24.3 Å². The van der Waals surface area contributed by atoms with Crippen LogP contribution in [-0.4, -0.2) is 58.2 Å². The fourth-order valence-electron chi connectivity index (χ4n) is 4.71. The number of carbonyl (C=O) groups excluding carboxylic acids is 2. The van der Waals surface area contributed by atoms with Gasteiger partial charge in [-0.25, -0.2) is 4.98 Å². The van der Waals surface area contributed by atoms with E-state index in [1.807, 2.05) is 43.4 Å². The molecular formula is C29H36N4O5. The van der Waals surface area contributed by atoms with Crippen molar-refractivity contribution in [2.75, 3.05) is 26.9 Å². The zero-order chi connectivity index (χ0) is 26.9. The number of aromatic hydroxyl groups is 1. The van der Waals surface area contributed by atoms with Gasteiger partial charge in [0.1, 0.15) is 11.5 Å². The lowest BCUT2D eigenvalue weighted by Gasteiger charge is -2.35. The molecule has 4 rings (SSSR count). The first-order chi connectivity index (χ1) is 18.4. The average molecular weight is 521 g/mol. The number of ether oxygens (including phenoxy) is 2. The molecule has 9 heteroatoms. The van der Waals surface area contributed by atoms with Gasteiger partial charge < -0.3 is 29.4 Å². The van der Waals surface area contributed by atoms with Gasteiger partial charge in [-0.05, 0) is 60.6 Å². The van der Waals surface area contributed by atoms with Gasteiger partial charge >= 0.3 is 0 Å². The van der Waals surface area contributed by atoms with Gasteiger partial charge in [-0.2, -0.15) is 0 Å². The number of hydrogen-bond donors (Lipinski definition) is 2. The first kappa shape index (κ1) is 27.2. The van der Waals surface area contributed by atoms with Crippen LogP contribution in [-0.2, 0) is 34.3 Å². The van der Waals surface area contributed by atoms with E-state index in [2.05, 4.69) is 10.3 Å². The maximum absolute atomic E-state index is 13.8. The first-order valence-corrected chi connectivity index (χ1v) is 13.0. The number of nitrogens with one attached hydrogen (secondary N) is 1. The SMILES string of the molecule is COc1ccc(CNC(=O)C(c2cncn2C)N(CC2CCOCC2)C(=O)CCc2ccc(O)cc2)cc1. The van der Waals surface area contributed by atoms with Crippen LogP contribution in [0.3, 0.4) is 0 Å². The van der Waals surface area contributed by atoms with Crippen LogP contribution in [0.1, 0.15) is 42.1 Å². The molecule has 9 nitrogen and oxygen atoms in total. The number of methoxy groups -OCH3 is 1. The van der Waals surface area contributed by atoms with Crippen molar-refractivity contribution in [3.8, 4) is 11.5 Å². The molecule has 0 spiro atoms. The fourth-order valence-corrected chi connectivity index (χ4v) is 4.71. The van der Waals surface area contributed by atoms with Crippen molar-refractivity contribution in [1.82, 2.24) is 19.8 Å². The summed E-state index contributed by atoms with van der Waals surface area (Å²) >= 11 is 0. The Bertz CT molecular complexity index is 1190. The van der Waals surface area contributed by atoms with E-state index >= 15 is 0 Å². The van der Waals surface area contributed by atoms with Gasteiger partial charge in [0.25, 0.3) is 0 Å². The maximum atomic E-state index is 13.8. The number of carbonyl (C=O) groups is 2. The summed E-state index contributed by atoms with van der Waals surface area (Å²) in [5.41, 5.74) is 2.53. The van der Waals surface area contributed by atoms with E-state index in [4.69, 9.17) is 9.47 Å². The van der Waals surface area contributed by atoms with Crippen LogP contribution in [0, 0.1) is 5.92 Å². The minimum atomic E-state index is -0.823. The summed E-state index contributed by atoms with van der Waals surface area (Å²) in [5.74, 6) is 0.817. The Kier molecular flexibility index (Phi) is 9.37. The second-order valence-electron chi connectivity index (χ2n) is 9.67. The van der Waals surface area contributed by atoms with Crippen molar-refractivity contribution in [2.45, 2.75) is 38.3 Å². The molecule has 0 saturated carbocycles. The number of aryl methyl sites for hydroxylation is 2. The van der Waals surface area contributed by atoms with Gasteiger partial charge in [0.2, 0.25) is 11.8 Å². The highest BCUT2D eigenvalue weighted by atomic mass is 16.5. The number of amides is 2. The molecule has 1 aromatic heterocycles. The highest BCUT2D eigenvalue weighted by Gasteiger charge is 2.35. The van der Waals surface area contributed by atoms with Gasteiger partial charge in [-0.3, -0.25) is 9.59 Å². The van der Waals surface area contributed by atoms with Crippen LogP contribution in [0.25, 0.3) is 0 Å². The maximum Gasteiger partial charge on any atom is 0.249 e. The third-order valence-corrected chi connectivity index (χ3v) is 7.00. The van der Waals surface area contributed by atoms with E-state index in [-0.39, 0.29) is 29.9 Å². The van der Waals surface area contributed by atoms with Gasteiger partial charge in [0, 0.05) is 39.8 Å². The highest BCUT2D eigenvalue weighted by molar-refractivity contribution is 5.88. The number of benzene rings is 2. The first-order valence-electron chi connectivity index (χ1n) is 13.0. The molecule has 2 aromatic carbocycles. The summed E-state index contributed by atoms with van der Waals surface area (Å²) in [6.45, 7) is 2.09. The van der Waals surface area contributed by atoms with Crippen LogP contribution < -0.4 is 10.1 Å². The molecule has 1 aliphatic rings. The summed E-state index contributed by atoms with van der Waals surface area (Å²) in [5, 5.41) is 12.6. The van der Waals surface area contributed by atoms with Gasteiger partial charge in [0.15, 0.2) is 6.04 Å². The van der Waals surface area contributed by atoms with Crippen LogP contribution in [0.15, 0.2) is 61.1 Å². The molecule has 0 bridgehead atoms. The molecule has 0 aliphatic carbocycles. The number of aromatic nitrogens is 2. The van der Waals surface area contributed by atoms with Crippen molar-refractivity contribution < 1.29 is 24.2 Å². The predicted molar refractivity (Wildman–Crippen MR) is 142 cm³/mol. The molecule has 202 valence electrons. The van der Waals surface area contributed by atoms with Crippen molar-refractivity contribution in [3.63, 3.8) is 0 Å². The molecule has 0 radical (unpaired) electrons. The second kappa shape index (κ2) is 13.1. The van der Waals surface area contributed by atoms with Gasteiger partial charge in [-0.15, -0.1) is 0 Å². The van der Waals surface area contributed by atoms with E-state index in [0.717, 1.165) is 29.7 Å². The summed E-state index contributed by atoms with van der Waals surface area (Å²) in [7, 11) is 3.45. The Morgan fingerprint density at radius 1 is 1.13 bits per heavy atom. The number of rotatable bonds is 11. The molecule has 38 heavy (non-hydrogen) atoms. The summed E-state index contributed by atoms with van der Waals surface area (Å²) in [4.78, 5) is 33.5. The van der Waals surface area contributed by atoms with E-state index < -0.39 is 6.04 Å². The zero-order valence-corrected chi connectivity index (χ0v) is 22.0. The Balaban J connectivity index is 1.56. The monoisotopic (exact) mass is 520 g/mol. The van der Waals surface area contributed by atoms with E-state index in [1.165, 1.54) is 0 Å². The molecule has 1 atom stereocenters. The van der Waals surface area contributed by atoms with Crippen LogP contribution in [0.5, 0.6) is 11.5 Å². The van der Waals surface area contributed by atoms with Crippen molar-refractivity contribution >= 4 is 11.8 Å². The lowest BCUT2D eigenvalue weighted by atomic mass is 9.97. The van der Waals surface area contributed by atoms with Crippen molar-refractivity contribution in [3.05, 3.63) is 77.9 Å². The van der Waals surface area contributed by atoms with E-state index in [1.54, 1.807) is 41.2 Å². The number of imidazole rings is 1. The third kappa shape index (κ3) is 7.13. The fraction of sp³-hybridized carbons (Fsp3) is 0.414. The second-order valence-corrected chi connectivity index (χ2v) is 9.67. The number of phenols is 1. The minimum Gasteiger partial charge on any atom is -0.508 e. The number of nitrogens with zero attached hydrogens (tertiary/aromatic N) is 3. The molecule has 1 aliphatic heterocycles. The molecule has 2 N–H and O–H groups in total. The van der Waals surface area contributed by atoms with Crippen LogP contribution in [0.4, 0.5) is 0 Å². The zero-order valence-electron chi connectivity index (χ0n) is 22.0. The summed E-state index contributed by atoms with van der Waals surface area (Å²) < 4.78 is 12.6. The minimum absolute atomic E-state index is 0.102. The smallest absolute Gasteiger partial charge is 0.249 e. The molecular weight excluding hydrogens is 484 g/mol. The lowest BCUT2D eigenvalue weighted by molar-refractivity contribution is -0.142. The Labute approximate surface area is 223 Å². The molecule has 3 aromatic rings. The standard InChI is InChI=1S/C29H36N4O5/c1-32-20-30-18-26(32)28(29(36)31-17-22-5-10-25(37-2)11-6-22)33(19-23-13-15-38-16-14-23)27(35)12-7-21-3-8-24(34)9-4-21/h3-6,8-11,18,20,23,28,34H,7,12-17,19H2,1-2H3,(H,31,36). The lowest BCUT2D eigenvalue weighted by Crippen LogP contribution is -2.47. The summed E-state index contributed by atoms with van der Waals surface area (Å²) in [6.07, 6.45) is 5.73. The molecule has 2 amide bonds. The van der Waals surface area contributed by atoms with Crippen LogP contribution >= 0.6 is 0 Å². The normalized spacial score (nSPS) is 14.6. The Morgan fingerprint density at radius 3 is 2.45 bits per heavy atom. The Morgan fingerprint density at radius 2 is 1.82 bits per heavy atom. The topological polar surface area (TPSA) is 106 Å². The van der Waals surface area contributed by atoms with Crippen molar-refractivity contribution in [2.24, 2.45) is 13.0 Å². The third-order valence-electron chi connectivity index (χ3n) is 7.00. The number of hydrogen-bond acceptors (Lipinski definition) is 6. The van der Waals surface area contributed by atoms with Crippen LogP contribution in [0.2, 0.25) is 0 Å². The highest BCUT2D eigenvalue weighted by Crippen LogP contribution is 2.27. The molecule has 1 unspecified atom stereocenters. The Hall–Kier alpha value is -3.85. The largest absolute Gasteiger partial charge is 0.508 e. The van der Waals surface area contributed by atoms with E-state index in [9.17, 15) is 14.7 Å². The molecule has 2 heterocycles. The molecule has 1 fully saturated rings. The quantitative estimate of drug-likeness (QED) is 0.402.